The van der Waals surface area contributed by atoms with E-state index in [0.29, 0.717) is 29.9 Å². The van der Waals surface area contributed by atoms with Crippen molar-refractivity contribution in [2.24, 2.45) is 5.92 Å². The highest BCUT2D eigenvalue weighted by Crippen LogP contribution is 2.51. The average molecular weight is 475 g/mol. The molecule has 2 aliphatic heterocycles. The Morgan fingerprint density at radius 2 is 1.88 bits per heavy atom. The van der Waals surface area contributed by atoms with Crippen LogP contribution in [0.25, 0.3) is 5.57 Å². The van der Waals surface area contributed by atoms with Gasteiger partial charge in [0, 0.05) is 44.1 Å². The molecule has 1 aliphatic carbocycles. The van der Waals surface area contributed by atoms with Crippen molar-refractivity contribution in [2.45, 2.75) is 31.7 Å². The predicted molar refractivity (Wildman–Crippen MR) is 121 cm³/mol. The molecule has 5 rings (SSSR count). The number of carbonyl (C=O) groups excluding carboxylic acids is 1. The molecule has 1 aromatic heterocycles. The molecular formula is C23H24F2N4O3S. The van der Waals surface area contributed by atoms with Gasteiger partial charge in [-0.2, -0.15) is 8.42 Å². The van der Waals surface area contributed by atoms with Gasteiger partial charge in [-0.1, -0.05) is 24.3 Å². The van der Waals surface area contributed by atoms with Crippen LogP contribution < -0.4 is 8.61 Å². The lowest BCUT2D eigenvalue weighted by atomic mass is 9.97. The van der Waals surface area contributed by atoms with Crippen molar-refractivity contribution < 1.29 is 22.0 Å². The Bertz CT molecular complexity index is 1250. The fourth-order valence-electron chi connectivity index (χ4n) is 4.43. The zero-order valence-electron chi connectivity index (χ0n) is 18.3. The van der Waals surface area contributed by atoms with Crippen molar-refractivity contribution in [2.75, 3.05) is 28.7 Å². The van der Waals surface area contributed by atoms with Crippen molar-refractivity contribution in [3.63, 3.8) is 0 Å². The summed E-state index contributed by atoms with van der Waals surface area (Å²) in [7, 11) is -2.56. The lowest BCUT2D eigenvalue weighted by molar-refractivity contribution is 0.0711. The van der Waals surface area contributed by atoms with Crippen molar-refractivity contribution in [1.29, 1.82) is 0 Å². The molecule has 3 aliphatic rings. The molecule has 0 saturated heterocycles. The van der Waals surface area contributed by atoms with E-state index in [0.717, 1.165) is 14.2 Å². The molecule has 0 bridgehead atoms. The van der Waals surface area contributed by atoms with Gasteiger partial charge >= 0.3 is 10.2 Å². The highest BCUT2D eigenvalue weighted by Gasteiger charge is 2.59. The summed E-state index contributed by atoms with van der Waals surface area (Å²) in [4.78, 5) is 19.2. The normalized spacial score (nSPS) is 25.0. The van der Waals surface area contributed by atoms with Crippen LogP contribution in [-0.2, 0) is 10.2 Å². The molecule has 1 fully saturated rings. The quantitative estimate of drug-likeness (QED) is 0.679. The molecule has 10 heteroatoms. The standard InChI is InChI=1S/C23H24F2N4O3S/c1-15-12-17(10-11-28(15)22(30)16-6-4-3-5-7-16)19-8-9-20-21(26-19)27(2)33(31,32)29(20)14-18-13-23(18,24)25/h3-10,15,18H,11-14H2,1-2H3. The summed E-state index contributed by atoms with van der Waals surface area (Å²) < 4.78 is 54.6. The SMILES string of the molecule is CC1CC(c2ccc3c(n2)N(C)S(=O)(=O)N3CC2CC2(F)F)=CCN1C(=O)c1ccccc1. The zero-order valence-corrected chi connectivity index (χ0v) is 19.1. The van der Waals surface area contributed by atoms with Crippen molar-refractivity contribution in [1.82, 2.24) is 9.88 Å². The van der Waals surface area contributed by atoms with Gasteiger partial charge in [0.15, 0.2) is 5.82 Å². The monoisotopic (exact) mass is 474 g/mol. The molecule has 3 heterocycles. The number of fused-ring (bicyclic) bond motifs is 1. The Kier molecular flexibility index (Phi) is 4.97. The van der Waals surface area contributed by atoms with Crippen LogP contribution in [0.1, 0.15) is 35.8 Å². The second-order valence-corrected chi connectivity index (χ2v) is 10.7. The number of anilines is 2. The first kappa shape index (κ1) is 21.8. The van der Waals surface area contributed by atoms with Gasteiger partial charge in [-0.3, -0.25) is 4.79 Å². The molecule has 2 unspecified atom stereocenters. The van der Waals surface area contributed by atoms with Crippen molar-refractivity contribution in [3.05, 3.63) is 59.8 Å². The number of halogens is 2. The fraction of sp³-hybridized carbons (Fsp3) is 0.391. The molecule has 1 saturated carbocycles. The number of alkyl halides is 2. The summed E-state index contributed by atoms with van der Waals surface area (Å²) in [6, 6.07) is 12.4. The number of benzene rings is 1. The largest absolute Gasteiger partial charge is 0.332 e. The molecule has 174 valence electrons. The Hall–Kier alpha value is -3.01. The number of hydrogen-bond donors (Lipinski definition) is 0. The maximum absolute atomic E-state index is 13.4. The van der Waals surface area contributed by atoms with Gasteiger partial charge in [0.2, 0.25) is 0 Å². The van der Waals surface area contributed by atoms with E-state index in [2.05, 4.69) is 4.98 Å². The minimum Gasteiger partial charge on any atom is -0.332 e. The number of rotatable bonds is 4. The van der Waals surface area contributed by atoms with Crippen LogP contribution in [0.3, 0.4) is 0 Å². The van der Waals surface area contributed by atoms with Crippen LogP contribution in [0.5, 0.6) is 0 Å². The number of hydrogen-bond acceptors (Lipinski definition) is 4. The molecule has 0 N–H and O–H groups in total. The van der Waals surface area contributed by atoms with Crippen LogP contribution in [0, 0.1) is 5.92 Å². The van der Waals surface area contributed by atoms with Gasteiger partial charge in [0.1, 0.15) is 0 Å². The first-order valence-electron chi connectivity index (χ1n) is 10.8. The van der Waals surface area contributed by atoms with Gasteiger partial charge in [0.05, 0.1) is 11.4 Å². The Labute approximate surface area is 191 Å². The summed E-state index contributed by atoms with van der Waals surface area (Å²) in [6.45, 7) is 2.12. The molecule has 7 nitrogen and oxygen atoms in total. The third kappa shape index (κ3) is 3.66. The second kappa shape index (κ2) is 7.51. The van der Waals surface area contributed by atoms with E-state index >= 15 is 0 Å². The first-order chi connectivity index (χ1) is 15.6. The van der Waals surface area contributed by atoms with Gasteiger partial charge in [-0.05, 0) is 43.2 Å². The minimum atomic E-state index is -3.94. The number of amides is 1. The van der Waals surface area contributed by atoms with E-state index in [1.165, 1.54) is 7.05 Å². The predicted octanol–water partition coefficient (Wildman–Crippen LogP) is 3.56. The summed E-state index contributed by atoms with van der Waals surface area (Å²) in [5.74, 6) is -3.59. The summed E-state index contributed by atoms with van der Waals surface area (Å²) in [5.41, 5.74) is 2.48. The van der Waals surface area contributed by atoms with Gasteiger partial charge in [-0.15, -0.1) is 0 Å². The zero-order chi connectivity index (χ0) is 23.5. The minimum absolute atomic E-state index is 0.0429. The maximum atomic E-state index is 13.4. The number of pyridine rings is 1. The maximum Gasteiger partial charge on any atom is 0.327 e. The molecule has 0 radical (unpaired) electrons. The van der Waals surface area contributed by atoms with Gasteiger partial charge < -0.3 is 4.90 Å². The fourth-order valence-corrected chi connectivity index (χ4v) is 5.84. The number of aromatic nitrogens is 1. The topological polar surface area (TPSA) is 73.8 Å². The van der Waals surface area contributed by atoms with E-state index in [9.17, 15) is 22.0 Å². The Morgan fingerprint density at radius 3 is 2.52 bits per heavy atom. The highest BCUT2D eigenvalue weighted by molar-refractivity contribution is 7.94. The number of carbonyl (C=O) groups is 1. The molecule has 0 spiro atoms. The summed E-state index contributed by atoms with van der Waals surface area (Å²) in [6.07, 6.45) is 2.20. The van der Waals surface area contributed by atoms with E-state index < -0.39 is 22.0 Å². The first-order valence-corrected chi connectivity index (χ1v) is 12.2. The van der Waals surface area contributed by atoms with Crippen molar-refractivity contribution in [3.8, 4) is 0 Å². The van der Waals surface area contributed by atoms with Crippen LogP contribution in [-0.4, -0.2) is 56.3 Å². The van der Waals surface area contributed by atoms with E-state index in [4.69, 9.17) is 0 Å². The Morgan fingerprint density at radius 1 is 1.18 bits per heavy atom. The lowest BCUT2D eigenvalue weighted by Crippen LogP contribution is -2.41. The van der Waals surface area contributed by atoms with Crippen LogP contribution in [0.2, 0.25) is 0 Å². The van der Waals surface area contributed by atoms with Gasteiger partial charge in [0.25, 0.3) is 11.8 Å². The molecule has 1 aromatic carbocycles. The molecule has 2 atom stereocenters. The molecule has 33 heavy (non-hydrogen) atoms. The molecular weight excluding hydrogens is 450 g/mol. The van der Waals surface area contributed by atoms with E-state index in [1.807, 2.05) is 31.2 Å². The summed E-state index contributed by atoms with van der Waals surface area (Å²) >= 11 is 0. The molecule has 1 amide bonds. The number of nitrogens with zero attached hydrogens (tertiary/aromatic N) is 4. The summed E-state index contributed by atoms with van der Waals surface area (Å²) in [5, 5.41) is 0. The van der Waals surface area contributed by atoms with Crippen LogP contribution in [0.15, 0.2) is 48.5 Å². The highest BCUT2D eigenvalue weighted by atomic mass is 32.2. The van der Waals surface area contributed by atoms with E-state index in [-0.39, 0.29) is 30.7 Å². The van der Waals surface area contributed by atoms with Gasteiger partial charge in [-0.25, -0.2) is 22.4 Å². The van der Waals surface area contributed by atoms with E-state index in [1.54, 1.807) is 29.2 Å². The smallest absolute Gasteiger partial charge is 0.327 e. The second-order valence-electron chi connectivity index (χ2n) is 8.81. The van der Waals surface area contributed by atoms with Crippen molar-refractivity contribution >= 4 is 33.2 Å². The van der Waals surface area contributed by atoms with Crippen LogP contribution in [0.4, 0.5) is 20.3 Å². The lowest BCUT2D eigenvalue weighted by Gasteiger charge is -2.33. The Balaban J connectivity index is 1.39. The average Bonchev–Trinajstić information content (AvgIpc) is 3.36. The third-order valence-electron chi connectivity index (χ3n) is 6.58. The third-order valence-corrected chi connectivity index (χ3v) is 8.35. The van der Waals surface area contributed by atoms with Crippen LogP contribution >= 0.6 is 0 Å². The molecule has 2 aromatic rings.